The first-order valence-electron chi connectivity index (χ1n) is 8.44. The molecule has 0 spiro atoms. The number of hydrogen-bond donors (Lipinski definition) is 1. The number of anilines is 1. The van der Waals surface area contributed by atoms with Gasteiger partial charge >= 0.3 is 6.09 Å². The molecule has 1 N–H and O–H groups in total. The van der Waals surface area contributed by atoms with Gasteiger partial charge in [-0.2, -0.15) is 0 Å². The molecular weight excluding hydrogens is 421 g/mol. The second-order valence-corrected chi connectivity index (χ2v) is 8.34. The van der Waals surface area contributed by atoms with Crippen LogP contribution in [0.3, 0.4) is 0 Å². The van der Waals surface area contributed by atoms with Crippen LogP contribution in [0.5, 0.6) is 0 Å². The number of nitrogens with one attached hydrogen (secondary N) is 1. The van der Waals surface area contributed by atoms with Crippen molar-refractivity contribution in [3.05, 3.63) is 63.6 Å². The molecule has 3 aromatic rings. The summed E-state index contributed by atoms with van der Waals surface area (Å²) in [6, 6.07) is 14.1. The normalized spacial score (nSPS) is 11.4. The second-order valence-electron chi connectivity index (χ2n) is 7.06. The van der Waals surface area contributed by atoms with E-state index in [2.05, 4.69) is 10.4 Å². The summed E-state index contributed by atoms with van der Waals surface area (Å²) >= 11 is 18.4. The van der Waals surface area contributed by atoms with Gasteiger partial charge in [-0.25, -0.2) is 9.48 Å². The third kappa shape index (κ3) is 4.98. The van der Waals surface area contributed by atoms with Gasteiger partial charge in [0.05, 0.1) is 16.4 Å². The van der Waals surface area contributed by atoms with Crippen molar-refractivity contribution in [2.45, 2.75) is 26.4 Å². The van der Waals surface area contributed by atoms with Gasteiger partial charge in [0, 0.05) is 21.7 Å². The lowest BCUT2D eigenvalue weighted by Crippen LogP contribution is -2.27. The smallest absolute Gasteiger partial charge is 0.413 e. The maximum atomic E-state index is 12.1. The molecule has 0 aliphatic heterocycles. The van der Waals surface area contributed by atoms with Crippen molar-refractivity contribution in [2.24, 2.45) is 0 Å². The molecule has 0 saturated heterocycles. The molecule has 8 heteroatoms. The highest BCUT2D eigenvalue weighted by Gasteiger charge is 2.19. The molecule has 1 aromatic heterocycles. The molecule has 0 aliphatic rings. The van der Waals surface area contributed by atoms with E-state index in [0.717, 1.165) is 5.56 Å². The summed E-state index contributed by atoms with van der Waals surface area (Å²) in [5.41, 5.74) is 1.56. The van der Waals surface area contributed by atoms with Gasteiger partial charge in [0.25, 0.3) is 0 Å². The van der Waals surface area contributed by atoms with Gasteiger partial charge in [-0.3, -0.25) is 5.32 Å². The number of hydrogen-bond acceptors (Lipinski definition) is 3. The van der Waals surface area contributed by atoms with Crippen molar-refractivity contribution < 1.29 is 9.53 Å². The van der Waals surface area contributed by atoms with Crippen LogP contribution in [0.25, 0.3) is 16.9 Å². The Bertz CT molecular complexity index is 1010. The summed E-state index contributed by atoms with van der Waals surface area (Å²) in [6.07, 6.45) is -0.595. The second kappa shape index (κ2) is 8.03. The predicted molar refractivity (Wildman–Crippen MR) is 114 cm³/mol. The Morgan fingerprint density at radius 1 is 1.00 bits per heavy atom. The van der Waals surface area contributed by atoms with Crippen LogP contribution in [-0.4, -0.2) is 21.5 Å². The first-order chi connectivity index (χ1) is 13.1. The molecular formula is C20H18Cl3N3O2. The quantitative estimate of drug-likeness (QED) is 0.486. The van der Waals surface area contributed by atoms with Gasteiger partial charge in [0.2, 0.25) is 0 Å². The highest BCUT2D eigenvalue weighted by atomic mass is 35.5. The summed E-state index contributed by atoms with van der Waals surface area (Å²) in [5, 5.41) is 8.69. The molecule has 0 radical (unpaired) electrons. The Hall–Kier alpha value is -2.21. The molecule has 0 atom stereocenters. The van der Waals surface area contributed by atoms with Crippen LogP contribution < -0.4 is 5.32 Å². The number of halogens is 3. The van der Waals surface area contributed by atoms with Crippen molar-refractivity contribution in [2.75, 3.05) is 5.32 Å². The van der Waals surface area contributed by atoms with E-state index in [4.69, 9.17) is 39.5 Å². The molecule has 5 nitrogen and oxygen atoms in total. The minimum Gasteiger partial charge on any atom is -0.444 e. The minimum atomic E-state index is -0.620. The third-order valence-corrected chi connectivity index (χ3v) is 4.41. The highest BCUT2D eigenvalue weighted by molar-refractivity contribution is 6.35. The summed E-state index contributed by atoms with van der Waals surface area (Å²) in [7, 11) is 0. The van der Waals surface area contributed by atoms with Crippen molar-refractivity contribution in [1.29, 1.82) is 0 Å². The predicted octanol–water partition coefficient (Wildman–Crippen LogP) is 6.85. The van der Waals surface area contributed by atoms with Gasteiger partial charge in [0.1, 0.15) is 5.60 Å². The van der Waals surface area contributed by atoms with Crippen molar-refractivity contribution in [3.63, 3.8) is 0 Å². The Morgan fingerprint density at radius 3 is 2.25 bits per heavy atom. The lowest BCUT2D eigenvalue weighted by atomic mass is 10.1. The van der Waals surface area contributed by atoms with Crippen LogP contribution in [-0.2, 0) is 4.74 Å². The van der Waals surface area contributed by atoms with Gasteiger partial charge in [-0.15, -0.1) is 5.10 Å². The van der Waals surface area contributed by atoms with Crippen LogP contribution in [0, 0.1) is 0 Å². The first-order valence-corrected chi connectivity index (χ1v) is 9.57. The lowest BCUT2D eigenvalue weighted by molar-refractivity contribution is 0.0635. The van der Waals surface area contributed by atoms with Gasteiger partial charge in [-0.05, 0) is 51.1 Å². The summed E-state index contributed by atoms with van der Waals surface area (Å²) in [5.74, 6) is 0.324. The Morgan fingerprint density at radius 2 is 1.64 bits per heavy atom. The van der Waals surface area contributed by atoms with Crippen LogP contribution in [0.15, 0.2) is 48.5 Å². The average molecular weight is 439 g/mol. The third-order valence-electron chi connectivity index (χ3n) is 3.62. The molecule has 1 heterocycles. The zero-order valence-corrected chi connectivity index (χ0v) is 17.7. The molecule has 0 fully saturated rings. The number of nitrogens with zero attached hydrogens (tertiary/aromatic N) is 2. The van der Waals surface area contributed by atoms with E-state index in [1.807, 2.05) is 12.1 Å². The number of benzene rings is 2. The molecule has 0 unspecified atom stereocenters. The molecule has 3 rings (SSSR count). The lowest BCUT2D eigenvalue weighted by Gasteiger charge is -2.19. The standard InChI is InChI=1S/C20H18Cl3N3O2/c1-20(2,3)28-19(27)24-18-11-17(12-4-6-13(21)7-5-12)26(25-18)16-9-8-14(22)10-15(16)23/h4-11H,1-3H3,(H,24,25,27). The fraction of sp³-hybridized carbons (Fsp3) is 0.200. The molecule has 1 amide bonds. The fourth-order valence-electron chi connectivity index (χ4n) is 2.51. The van der Waals surface area contributed by atoms with Crippen LogP contribution in [0.1, 0.15) is 20.8 Å². The van der Waals surface area contributed by atoms with E-state index in [1.165, 1.54) is 0 Å². The average Bonchev–Trinajstić information content (AvgIpc) is 2.97. The zero-order chi connectivity index (χ0) is 20.5. The number of rotatable bonds is 3. The monoisotopic (exact) mass is 437 g/mol. The van der Waals surface area contributed by atoms with Gasteiger partial charge in [0.15, 0.2) is 5.82 Å². The number of carbonyl (C=O) groups excluding carboxylic acids is 1. The van der Waals surface area contributed by atoms with E-state index >= 15 is 0 Å². The zero-order valence-electron chi connectivity index (χ0n) is 15.5. The first kappa shape index (κ1) is 20.5. The summed E-state index contributed by atoms with van der Waals surface area (Å²) in [4.78, 5) is 12.1. The highest BCUT2D eigenvalue weighted by Crippen LogP contribution is 2.31. The van der Waals surface area contributed by atoms with Crippen molar-refractivity contribution in [3.8, 4) is 16.9 Å². The topological polar surface area (TPSA) is 56.1 Å². The molecule has 0 bridgehead atoms. The van der Waals surface area contributed by atoms with Crippen molar-refractivity contribution in [1.82, 2.24) is 9.78 Å². The van der Waals surface area contributed by atoms with E-state index in [0.29, 0.717) is 32.3 Å². The molecule has 0 saturated carbocycles. The largest absolute Gasteiger partial charge is 0.444 e. The van der Waals surface area contributed by atoms with Gasteiger partial charge < -0.3 is 4.74 Å². The van der Waals surface area contributed by atoms with E-state index in [9.17, 15) is 4.79 Å². The number of ether oxygens (including phenoxy) is 1. The maximum Gasteiger partial charge on any atom is 0.413 e. The molecule has 2 aromatic carbocycles. The van der Waals surface area contributed by atoms with Crippen molar-refractivity contribution >= 4 is 46.7 Å². The minimum absolute atomic E-state index is 0.324. The van der Waals surface area contributed by atoms with Crippen LogP contribution in [0.2, 0.25) is 15.1 Å². The summed E-state index contributed by atoms with van der Waals surface area (Å²) in [6.45, 7) is 5.37. The van der Waals surface area contributed by atoms with Gasteiger partial charge in [-0.1, -0.05) is 46.9 Å². The molecule has 0 aliphatic carbocycles. The number of amides is 1. The van der Waals surface area contributed by atoms with E-state index < -0.39 is 11.7 Å². The molecule has 28 heavy (non-hydrogen) atoms. The van der Waals surface area contributed by atoms with Crippen LogP contribution >= 0.6 is 34.8 Å². The van der Waals surface area contributed by atoms with Crippen LogP contribution in [0.4, 0.5) is 10.6 Å². The maximum absolute atomic E-state index is 12.1. The number of carbonyl (C=O) groups is 1. The van der Waals surface area contributed by atoms with E-state index in [1.54, 1.807) is 61.9 Å². The summed E-state index contributed by atoms with van der Waals surface area (Å²) < 4.78 is 6.93. The van der Waals surface area contributed by atoms with E-state index in [-0.39, 0.29) is 0 Å². The molecule has 146 valence electrons. The number of aromatic nitrogens is 2. The fourth-order valence-corrected chi connectivity index (χ4v) is 3.13. The Labute approximate surface area is 178 Å². The Kier molecular flexibility index (Phi) is 5.89. The SMILES string of the molecule is CC(C)(C)OC(=O)Nc1cc(-c2ccc(Cl)cc2)n(-c2ccc(Cl)cc2Cl)n1. The Balaban J connectivity index is 2.04.